The highest BCUT2D eigenvalue weighted by Crippen LogP contribution is 2.29. The maximum absolute atomic E-state index is 9.87. The van der Waals surface area contributed by atoms with Gasteiger partial charge in [-0.3, -0.25) is 0 Å². The SMILES string of the molecule is NCCC(O)c1nn2c(C3CCCO3)nnc2s1. The fourth-order valence-corrected chi connectivity index (χ4v) is 2.91. The molecule has 3 rings (SSSR count). The number of hydrogen-bond acceptors (Lipinski definition) is 7. The molecule has 3 heterocycles. The highest BCUT2D eigenvalue weighted by atomic mass is 32.1. The summed E-state index contributed by atoms with van der Waals surface area (Å²) >= 11 is 1.34. The van der Waals surface area contributed by atoms with Crippen LogP contribution in [0.15, 0.2) is 0 Å². The maximum atomic E-state index is 9.87. The fraction of sp³-hybridized carbons (Fsp3) is 0.700. The van der Waals surface area contributed by atoms with Crippen molar-refractivity contribution in [2.75, 3.05) is 13.2 Å². The molecule has 1 saturated heterocycles. The molecule has 2 aromatic heterocycles. The van der Waals surface area contributed by atoms with Crippen molar-refractivity contribution in [3.63, 3.8) is 0 Å². The third kappa shape index (κ3) is 2.01. The van der Waals surface area contributed by atoms with E-state index in [1.165, 1.54) is 11.3 Å². The average molecular weight is 269 g/mol. The summed E-state index contributed by atoms with van der Waals surface area (Å²) < 4.78 is 7.26. The van der Waals surface area contributed by atoms with Gasteiger partial charge in [0.15, 0.2) is 5.82 Å². The van der Waals surface area contributed by atoms with Crippen LogP contribution < -0.4 is 5.73 Å². The number of fused-ring (bicyclic) bond motifs is 1. The molecule has 0 saturated carbocycles. The summed E-state index contributed by atoms with van der Waals surface area (Å²) in [6, 6.07) is 0. The topological polar surface area (TPSA) is 98.6 Å². The number of aliphatic hydroxyl groups excluding tert-OH is 1. The van der Waals surface area contributed by atoms with Crippen molar-refractivity contribution in [2.24, 2.45) is 5.73 Å². The van der Waals surface area contributed by atoms with Crippen LogP contribution in [0.3, 0.4) is 0 Å². The van der Waals surface area contributed by atoms with Gasteiger partial charge in [0.1, 0.15) is 17.2 Å². The Balaban J connectivity index is 1.92. The molecule has 1 fully saturated rings. The molecule has 0 amide bonds. The number of nitrogens with two attached hydrogens (primary N) is 1. The Kier molecular flexibility index (Phi) is 3.25. The van der Waals surface area contributed by atoms with E-state index in [-0.39, 0.29) is 6.10 Å². The number of rotatable bonds is 4. The Bertz CT molecular complexity index is 533. The van der Waals surface area contributed by atoms with E-state index in [1.54, 1.807) is 4.52 Å². The molecule has 0 bridgehead atoms. The number of ether oxygens (including phenoxy) is 1. The summed E-state index contributed by atoms with van der Waals surface area (Å²) in [4.78, 5) is 0.687. The molecule has 0 aromatic carbocycles. The average Bonchev–Trinajstić information content (AvgIpc) is 3.04. The zero-order valence-electron chi connectivity index (χ0n) is 9.82. The standard InChI is InChI=1S/C10H15N5O2S/c11-4-3-6(16)9-14-15-8(7-2-1-5-17-7)12-13-10(15)18-9/h6-7,16H,1-5,11H2. The lowest BCUT2D eigenvalue weighted by molar-refractivity contribution is 0.103. The van der Waals surface area contributed by atoms with Gasteiger partial charge in [0.25, 0.3) is 0 Å². The quantitative estimate of drug-likeness (QED) is 0.834. The van der Waals surface area contributed by atoms with E-state index in [0.29, 0.717) is 22.9 Å². The lowest BCUT2D eigenvalue weighted by Gasteiger charge is -2.05. The van der Waals surface area contributed by atoms with Gasteiger partial charge in [0.2, 0.25) is 4.96 Å². The summed E-state index contributed by atoms with van der Waals surface area (Å²) in [5.74, 6) is 0.727. The minimum Gasteiger partial charge on any atom is -0.386 e. The molecular formula is C10H15N5O2S. The Morgan fingerprint density at radius 1 is 1.56 bits per heavy atom. The van der Waals surface area contributed by atoms with E-state index >= 15 is 0 Å². The van der Waals surface area contributed by atoms with Crippen molar-refractivity contribution in [1.82, 2.24) is 19.8 Å². The molecule has 18 heavy (non-hydrogen) atoms. The molecule has 2 aromatic rings. The van der Waals surface area contributed by atoms with Crippen LogP contribution in [-0.2, 0) is 4.74 Å². The van der Waals surface area contributed by atoms with Crippen molar-refractivity contribution in [3.8, 4) is 0 Å². The van der Waals surface area contributed by atoms with Crippen LogP contribution in [0.2, 0.25) is 0 Å². The molecule has 1 aliphatic rings. The first kappa shape index (κ1) is 12.0. The smallest absolute Gasteiger partial charge is 0.234 e. The van der Waals surface area contributed by atoms with Crippen LogP contribution in [0.5, 0.6) is 0 Å². The lowest BCUT2D eigenvalue weighted by Crippen LogP contribution is -2.08. The summed E-state index contributed by atoms with van der Waals surface area (Å²) in [5.41, 5.74) is 5.43. The van der Waals surface area contributed by atoms with Crippen LogP contribution in [-0.4, -0.2) is 38.1 Å². The Labute approximate surface area is 108 Å². The molecule has 0 spiro atoms. The minimum absolute atomic E-state index is 0.0263. The molecule has 7 nitrogen and oxygen atoms in total. The van der Waals surface area contributed by atoms with Crippen molar-refractivity contribution < 1.29 is 9.84 Å². The molecule has 1 aliphatic heterocycles. The second kappa shape index (κ2) is 4.88. The van der Waals surface area contributed by atoms with Gasteiger partial charge < -0.3 is 15.6 Å². The summed E-state index contributed by atoms with van der Waals surface area (Å²) in [6.45, 7) is 1.19. The van der Waals surface area contributed by atoms with Crippen molar-refractivity contribution in [2.45, 2.75) is 31.5 Å². The van der Waals surface area contributed by atoms with Gasteiger partial charge in [0.05, 0.1) is 0 Å². The van der Waals surface area contributed by atoms with E-state index in [2.05, 4.69) is 15.3 Å². The Morgan fingerprint density at radius 3 is 3.17 bits per heavy atom. The zero-order chi connectivity index (χ0) is 12.5. The maximum Gasteiger partial charge on any atom is 0.234 e. The van der Waals surface area contributed by atoms with Crippen molar-refractivity contribution in [3.05, 3.63) is 10.8 Å². The monoisotopic (exact) mass is 269 g/mol. The Morgan fingerprint density at radius 2 is 2.44 bits per heavy atom. The van der Waals surface area contributed by atoms with E-state index in [4.69, 9.17) is 10.5 Å². The predicted molar refractivity (Wildman–Crippen MR) is 65.2 cm³/mol. The van der Waals surface area contributed by atoms with Gasteiger partial charge in [-0.05, 0) is 25.8 Å². The molecule has 0 radical (unpaired) electrons. The van der Waals surface area contributed by atoms with Crippen LogP contribution in [0.4, 0.5) is 0 Å². The molecule has 0 aliphatic carbocycles. The van der Waals surface area contributed by atoms with Gasteiger partial charge in [-0.1, -0.05) is 11.3 Å². The van der Waals surface area contributed by atoms with Gasteiger partial charge >= 0.3 is 0 Å². The second-order valence-corrected chi connectivity index (χ2v) is 5.28. The largest absolute Gasteiger partial charge is 0.386 e. The van der Waals surface area contributed by atoms with Gasteiger partial charge in [-0.15, -0.1) is 10.2 Å². The molecule has 2 unspecified atom stereocenters. The third-order valence-electron chi connectivity index (χ3n) is 2.97. The van der Waals surface area contributed by atoms with Gasteiger partial charge in [-0.25, -0.2) is 0 Å². The van der Waals surface area contributed by atoms with Crippen LogP contribution in [0.25, 0.3) is 4.96 Å². The predicted octanol–water partition coefficient (Wildman–Crippen LogP) is 0.419. The normalized spacial score (nSPS) is 21.8. The second-order valence-electron chi connectivity index (χ2n) is 4.29. The number of nitrogens with zero attached hydrogens (tertiary/aromatic N) is 4. The third-order valence-corrected chi connectivity index (χ3v) is 3.97. The first-order chi connectivity index (χ1) is 8.79. The summed E-state index contributed by atoms with van der Waals surface area (Å²) in [6.07, 6.45) is 1.82. The van der Waals surface area contributed by atoms with Crippen LogP contribution in [0, 0.1) is 0 Å². The number of aliphatic hydroxyl groups is 1. The number of hydrogen-bond donors (Lipinski definition) is 2. The molecular weight excluding hydrogens is 254 g/mol. The summed E-state index contributed by atoms with van der Waals surface area (Å²) in [7, 11) is 0. The first-order valence-corrected chi connectivity index (χ1v) is 6.83. The molecule has 3 N–H and O–H groups in total. The lowest BCUT2D eigenvalue weighted by atomic mass is 10.2. The van der Waals surface area contributed by atoms with Crippen LogP contribution >= 0.6 is 11.3 Å². The highest BCUT2D eigenvalue weighted by molar-refractivity contribution is 7.16. The van der Waals surface area contributed by atoms with Crippen molar-refractivity contribution >= 4 is 16.3 Å². The molecule has 98 valence electrons. The van der Waals surface area contributed by atoms with E-state index in [1.807, 2.05) is 0 Å². The summed E-state index contributed by atoms with van der Waals surface area (Å²) in [5, 5.41) is 23.0. The molecule has 8 heteroatoms. The number of aromatic nitrogens is 4. The van der Waals surface area contributed by atoms with Crippen molar-refractivity contribution in [1.29, 1.82) is 0 Å². The van der Waals surface area contributed by atoms with Gasteiger partial charge in [0, 0.05) is 6.61 Å². The zero-order valence-corrected chi connectivity index (χ0v) is 10.6. The van der Waals surface area contributed by atoms with E-state index in [0.717, 1.165) is 25.3 Å². The first-order valence-electron chi connectivity index (χ1n) is 6.01. The minimum atomic E-state index is -0.626. The van der Waals surface area contributed by atoms with E-state index < -0.39 is 6.10 Å². The van der Waals surface area contributed by atoms with Gasteiger partial charge in [-0.2, -0.15) is 9.61 Å². The highest BCUT2D eigenvalue weighted by Gasteiger charge is 2.25. The fourth-order valence-electron chi connectivity index (χ4n) is 2.04. The van der Waals surface area contributed by atoms with E-state index in [9.17, 15) is 5.11 Å². The molecule has 2 atom stereocenters. The van der Waals surface area contributed by atoms with Crippen LogP contribution in [0.1, 0.15) is 42.3 Å². The Hall–Kier alpha value is -1.09.